The smallest absolute Gasteiger partial charge is 0.333 e. The number of carbonyl (C=O) groups excluding carboxylic acids is 1. The Hall–Kier alpha value is -2.17. The lowest BCUT2D eigenvalue weighted by molar-refractivity contribution is -0.139. The van der Waals surface area contributed by atoms with Crippen molar-refractivity contribution >= 4 is 5.97 Å². The minimum atomic E-state index is -0.565. The Kier molecular flexibility index (Phi) is 4.20. The Labute approximate surface area is 105 Å². The molecule has 0 saturated heterocycles. The van der Waals surface area contributed by atoms with Crippen molar-refractivity contribution in [2.45, 2.75) is 19.8 Å². The summed E-state index contributed by atoms with van der Waals surface area (Å²) in [6.45, 7) is 6.86. The van der Waals surface area contributed by atoms with Crippen LogP contribution in [0, 0.1) is 0 Å². The molecule has 0 aromatic heterocycles. The molecule has 0 saturated carbocycles. The van der Waals surface area contributed by atoms with E-state index in [1.165, 1.54) is 12.1 Å². The highest BCUT2D eigenvalue weighted by molar-refractivity contribution is 5.86. The predicted molar refractivity (Wildman–Crippen MR) is 65.6 cm³/mol. The molecule has 0 bridgehead atoms. The maximum Gasteiger partial charge on any atom is 0.333 e. The van der Waals surface area contributed by atoms with Gasteiger partial charge in [-0.3, -0.25) is 0 Å². The summed E-state index contributed by atoms with van der Waals surface area (Å²) in [5, 5.41) is 27.9. The van der Waals surface area contributed by atoms with Crippen molar-refractivity contribution in [3.05, 3.63) is 29.8 Å². The molecule has 0 radical (unpaired) electrons. The average molecular weight is 252 g/mol. The fraction of sp³-hybridized carbons (Fsp3) is 0.308. The van der Waals surface area contributed by atoms with Crippen molar-refractivity contribution in [3.63, 3.8) is 0 Å². The molecule has 3 N–H and O–H groups in total. The predicted octanol–water partition coefficient (Wildman–Crippen LogP) is 2.03. The first-order valence-corrected chi connectivity index (χ1v) is 5.40. The van der Waals surface area contributed by atoms with Gasteiger partial charge in [0.1, 0.15) is 0 Å². The summed E-state index contributed by atoms with van der Waals surface area (Å²) >= 11 is 0. The normalized spacial score (nSPS) is 11.9. The maximum atomic E-state index is 11.2. The van der Waals surface area contributed by atoms with E-state index in [1.54, 1.807) is 13.8 Å². The van der Waals surface area contributed by atoms with Gasteiger partial charge in [0.15, 0.2) is 17.2 Å². The molecule has 0 amide bonds. The fourth-order valence-corrected chi connectivity index (χ4v) is 1.33. The highest BCUT2D eigenvalue weighted by Gasteiger charge is 2.14. The number of ether oxygens (including phenoxy) is 1. The molecular formula is C13H16O5. The molecule has 18 heavy (non-hydrogen) atoms. The zero-order valence-electron chi connectivity index (χ0n) is 10.3. The number of aromatic hydroxyl groups is 3. The van der Waals surface area contributed by atoms with Gasteiger partial charge in [0.05, 0.1) is 6.61 Å². The van der Waals surface area contributed by atoms with Crippen molar-refractivity contribution in [1.82, 2.24) is 0 Å². The Bertz CT molecular complexity index is 455. The zero-order valence-corrected chi connectivity index (χ0v) is 10.3. The third-order valence-electron chi connectivity index (χ3n) is 2.47. The largest absolute Gasteiger partial charge is 0.504 e. The summed E-state index contributed by atoms with van der Waals surface area (Å²) in [6, 6.07) is 2.63. The van der Waals surface area contributed by atoms with Crippen LogP contribution in [0.2, 0.25) is 0 Å². The number of phenols is 3. The lowest BCUT2D eigenvalue weighted by Gasteiger charge is -2.14. The Morgan fingerprint density at radius 1 is 1.33 bits per heavy atom. The molecule has 1 aromatic rings. The molecule has 1 rings (SSSR count). The third kappa shape index (κ3) is 3.16. The van der Waals surface area contributed by atoms with Crippen molar-refractivity contribution in [2.75, 3.05) is 6.61 Å². The zero-order chi connectivity index (χ0) is 13.9. The minimum Gasteiger partial charge on any atom is -0.504 e. The van der Waals surface area contributed by atoms with Gasteiger partial charge in [-0.15, -0.1) is 0 Å². The minimum absolute atomic E-state index is 0.0926. The summed E-state index contributed by atoms with van der Waals surface area (Å²) < 4.78 is 4.97. The molecule has 0 aliphatic rings. The van der Waals surface area contributed by atoms with Gasteiger partial charge in [-0.1, -0.05) is 13.5 Å². The van der Waals surface area contributed by atoms with Crippen LogP contribution in [0.5, 0.6) is 17.2 Å². The van der Waals surface area contributed by atoms with Crippen molar-refractivity contribution in [2.24, 2.45) is 0 Å². The molecular weight excluding hydrogens is 236 g/mol. The van der Waals surface area contributed by atoms with Crippen LogP contribution < -0.4 is 0 Å². The van der Waals surface area contributed by atoms with E-state index in [9.17, 15) is 20.1 Å². The van der Waals surface area contributed by atoms with E-state index in [2.05, 4.69) is 6.58 Å². The van der Waals surface area contributed by atoms with Crippen LogP contribution in [-0.4, -0.2) is 27.9 Å². The Balaban J connectivity index is 2.76. The van der Waals surface area contributed by atoms with Gasteiger partial charge in [-0.05, 0) is 24.6 Å². The van der Waals surface area contributed by atoms with Gasteiger partial charge in [-0.25, -0.2) is 4.79 Å². The van der Waals surface area contributed by atoms with E-state index in [0.29, 0.717) is 11.1 Å². The van der Waals surface area contributed by atoms with Crippen LogP contribution in [0.3, 0.4) is 0 Å². The molecule has 1 atom stereocenters. The Morgan fingerprint density at radius 2 is 1.83 bits per heavy atom. The van der Waals surface area contributed by atoms with Gasteiger partial charge in [-0.2, -0.15) is 0 Å². The summed E-state index contributed by atoms with van der Waals surface area (Å²) in [5.41, 5.74) is 0.857. The van der Waals surface area contributed by atoms with Gasteiger partial charge in [0.25, 0.3) is 0 Å². The van der Waals surface area contributed by atoms with Crippen molar-refractivity contribution < 1.29 is 24.9 Å². The number of benzene rings is 1. The lowest BCUT2D eigenvalue weighted by Crippen LogP contribution is -2.11. The van der Waals surface area contributed by atoms with Crippen LogP contribution in [-0.2, 0) is 9.53 Å². The van der Waals surface area contributed by atoms with Crippen LogP contribution in [0.1, 0.15) is 25.3 Å². The lowest BCUT2D eigenvalue weighted by atomic mass is 10.0. The van der Waals surface area contributed by atoms with Crippen LogP contribution >= 0.6 is 0 Å². The van der Waals surface area contributed by atoms with Crippen LogP contribution in [0.25, 0.3) is 0 Å². The molecule has 0 fully saturated rings. The maximum absolute atomic E-state index is 11.2. The van der Waals surface area contributed by atoms with E-state index >= 15 is 0 Å². The quantitative estimate of drug-likeness (QED) is 0.433. The first-order valence-electron chi connectivity index (χ1n) is 5.40. The second kappa shape index (κ2) is 5.44. The Morgan fingerprint density at radius 3 is 2.28 bits per heavy atom. The molecule has 98 valence electrons. The second-order valence-electron chi connectivity index (χ2n) is 4.19. The number of rotatable bonds is 4. The summed E-state index contributed by atoms with van der Waals surface area (Å²) in [5.74, 6) is -2.11. The topological polar surface area (TPSA) is 87.0 Å². The highest BCUT2D eigenvalue weighted by atomic mass is 16.5. The SMILES string of the molecule is C=C(C)C(=O)OCC(C)c1cc(O)c(O)c(O)c1. The summed E-state index contributed by atoms with van der Waals surface area (Å²) in [7, 11) is 0. The molecule has 0 aliphatic heterocycles. The van der Waals surface area contributed by atoms with E-state index in [-0.39, 0.29) is 12.5 Å². The van der Waals surface area contributed by atoms with Gasteiger partial charge in [0, 0.05) is 11.5 Å². The number of phenolic OH excluding ortho intramolecular Hbond substituents is 3. The number of hydrogen-bond acceptors (Lipinski definition) is 5. The van der Waals surface area contributed by atoms with Crippen LogP contribution in [0.4, 0.5) is 0 Å². The third-order valence-corrected chi connectivity index (χ3v) is 2.47. The first kappa shape index (κ1) is 13.9. The second-order valence-corrected chi connectivity index (χ2v) is 4.19. The standard InChI is InChI=1S/C13H16O5/c1-7(2)13(17)18-6-8(3)9-4-10(14)12(16)11(15)5-9/h4-5,8,14-16H,1,6H2,2-3H3. The average Bonchev–Trinajstić information content (AvgIpc) is 2.31. The molecule has 0 spiro atoms. The van der Waals surface area contributed by atoms with Gasteiger partial charge < -0.3 is 20.1 Å². The number of carbonyl (C=O) groups is 1. The van der Waals surface area contributed by atoms with Gasteiger partial charge >= 0.3 is 5.97 Å². The van der Waals surface area contributed by atoms with E-state index in [1.807, 2.05) is 0 Å². The molecule has 5 nitrogen and oxygen atoms in total. The summed E-state index contributed by atoms with van der Waals surface area (Å²) in [4.78, 5) is 11.2. The molecule has 0 heterocycles. The van der Waals surface area contributed by atoms with Crippen molar-refractivity contribution in [3.8, 4) is 17.2 Å². The first-order chi connectivity index (χ1) is 8.32. The number of hydrogen-bond donors (Lipinski definition) is 3. The highest BCUT2D eigenvalue weighted by Crippen LogP contribution is 2.37. The molecule has 1 unspecified atom stereocenters. The molecule has 5 heteroatoms. The van der Waals surface area contributed by atoms with Crippen molar-refractivity contribution in [1.29, 1.82) is 0 Å². The molecule has 0 aliphatic carbocycles. The van der Waals surface area contributed by atoms with E-state index in [0.717, 1.165) is 0 Å². The molecule has 1 aromatic carbocycles. The van der Waals surface area contributed by atoms with Crippen LogP contribution in [0.15, 0.2) is 24.3 Å². The number of esters is 1. The monoisotopic (exact) mass is 252 g/mol. The summed E-state index contributed by atoms with van der Waals surface area (Å²) in [6.07, 6.45) is 0. The van der Waals surface area contributed by atoms with E-state index < -0.39 is 23.2 Å². The van der Waals surface area contributed by atoms with Gasteiger partial charge in [0.2, 0.25) is 0 Å². The fourth-order valence-electron chi connectivity index (χ4n) is 1.33. The van der Waals surface area contributed by atoms with E-state index in [4.69, 9.17) is 4.74 Å².